The van der Waals surface area contributed by atoms with E-state index in [1.54, 1.807) is 0 Å². The molecule has 0 aliphatic carbocycles. The second-order valence-corrected chi connectivity index (χ2v) is 9.80. The summed E-state index contributed by atoms with van der Waals surface area (Å²) < 4.78 is 54.3. The summed E-state index contributed by atoms with van der Waals surface area (Å²) in [5.41, 5.74) is 0.594. The number of rotatable bonds is 12. The van der Waals surface area contributed by atoms with Gasteiger partial charge in [0.2, 0.25) is 0 Å². The Bertz CT molecular complexity index is 1650. The van der Waals surface area contributed by atoms with Crippen LogP contribution in [0.1, 0.15) is 11.1 Å². The average Bonchev–Trinajstić information content (AvgIpc) is 3.00. The summed E-state index contributed by atoms with van der Waals surface area (Å²) in [6, 6.07) is 20.6. The normalized spacial score (nSPS) is 10.7. The number of ether oxygens (including phenoxy) is 4. The van der Waals surface area contributed by atoms with E-state index in [4.69, 9.17) is 27.3 Å². The molecule has 0 unspecified atom stereocenters. The van der Waals surface area contributed by atoms with E-state index in [2.05, 4.69) is 0 Å². The van der Waals surface area contributed by atoms with Crippen molar-refractivity contribution in [1.82, 2.24) is 0 Å². The van der Waals surface area contributed by atoms with Gasteiger partial charge in [0, 0.05) is 24.3 Å². The van der Waals surface area contributed by atoms with Gasteiger partial charge in [-0.3, -0.25) is 20.2 Å². The Balaban J connectivity index is 1.20. The number of carbonyl (C=O) groups excluding carboxylic acids is 2. The molecular formula is C28H20N2O14S. The van der Waals surface area contributed by atoms with Gasteiger partial charge in [-0.2, -0.15) is 0 Å². The molecule has 45 heavy (non-hydrogen) atoms. The lowest BCUT2D eigenvalue weighted by atomic mass is 10.2. The molecule has 17 heteroatoms. The molecule has 4 aromatic carbocycles. The van der Waals surface area contributed by atoms with Crippen LogP contribution in [-0.4, -0.2) is 30.6 Å². The summed E-state index contributed by atoms with van der Waals surface area (Å²) in [7, 11) is -4.55. The molecule has 0 saturated heterocycles. The van der Waals surface area contributed by atoms with Gasteiger partial charge < -0.3 is 27.3 Å². The van der Waals surface area contributed by atoms with Gasteiger partial charge in [-0.1, -0.05) is 24.3 Å². The Morgan fingerprint density at radius 2 is 0.844 bits per heavy atom. The van der Waals surface area contributed by atoms with Crippen molar-refractivity contribution >= 4 is 34.1 Å². The van der Waals surface area contributed by atoms with E-state index in [-0.39, 0.29) is 47.6 Å². The van der Waals surface area contributed by atoms with Crippen molar-refractivity contribution in [2.45, 2.75) is 13.2 Å². The number of nitrogens with zero attached hydrogens (tertiary/aromatic N) is 2. The van der Waals surface area contributed by atoms with E-state index in [9.17, 15) is 38.2 Å². The molecule has 4 aromatic rings. The molecule has 0 aliphatic rings. The molecule has 0 N–H and O–H groups in total. The molecule has 0 heterocycles. The number of hydrogen-bond acceptors (Lipinski definition) is 14. The number of hydrogen-bond donors (Lipinski definition) is 0. The molecule has 0 atom stereocenters. The minimum Gasteiger partial charge on any atom is -0.429 e. The summed E-state index contributed by atoms with van der Waals surface area (Å²) >= 11 is 0. The largest absolute Gasteiger partial charge is 0.514 e. The lowest BCUT2D eigenvalue weighted by Crippen LogP contribution is -2.16. The van der Waals surface area contributed by atoms with E-state index < -0.39 is 32.6 Å². The first-order valence-electron chi connectivity index (χ1n) is 12.5. The number of nitro groups is 2. The quantitative estimate of drug-likeness (QED) is 0.0794. The lowest BCUT2D eigenvalue weighted by molar-refractivity contribution is -0.385. The third-order valence-corrected chi connectivity index (χ3v) is 6.25. The third-order valence-electron chi connectivity index (χ3n) is 5.45. The van der Waals surface area contributed by atoms with Crippen LogP contribution in [0, 0.1) is 20.2 Å². The predicted octanol–water partition coefficient (Wildman–Crippen LogP) is 5.64. The molecule has 4 rings (SSSR count). The highest BCUT2D eigenvalue weighted by molar-refractivity contribution is 7.82. The molecule has 0 aliphatic heterocycles. The summed E-state index contributed by atoms with van der Waals surface area (Å²) in [4.78, 5) is 43.9. The van der Waals surface area contributed by atoms with Crippen molar-refractivity contribution in [2.75, 3.05) is 0 Å². The first-order valence-corrected chi connectivity index (χ1v) is 13.8. The van der Waals surface area contributed by atoms with Gasteiger partial charge in [0.25, 0.3) is 11.4 Å². The van der Waals surface area contributed by atoms with Crippen LogP contribution in [0.5, 0.6) is 23.0 Å². The zero-order chi connectivity index (χ0) is 32.4. The minimum atomic E-state index is -4.55. The van der Waals surface area contributed by atoms with Gasteiger partial charge in [0.1, 0.15) is 36.2 Å². The Morgan fingerprint density at radius 3 is 1.16 bits per heavy atom. The zero-order valence-corrected chi connectivity index (χ0v) is 23.5. The Hall–Kier alpha value is -6.23. The molecular weight excluding hydrogens is 620 g/mol. The highest BCUT2D eigenvalue weighted by atomic mass is 32.3. The second kappa shape index (κ2) is 14.3. The van der Waals surface area contributed by atoms with Crippen LogP contribution >= 0.6 is 0 Å². The standard InChI is InChI=1S/C28H20N2O14S/c31-27(41-23-13-5-21(6-14-23)29(33)34)39-17-19-1-9-25(10-2-19)43-45(37,38)44-26-11-3-20(4-12-26)18-40-28(32)42-24-15-7-22(8-16-24)30(35)36/h1-16H,17-18H2. The van der Waals surface area contributed by atoms with Crippen LogP contribution in [0.3, 0.4) is 0 Å². The summed E-state index contributed by atoms with van der Waals surface area (Å²) in [5, 5.41) is 21.4. The monoisotopic (exact) mass is 640 g/mol. The van der Waals surface area contributed by atoms with Crippen molar-refractivity contribution in [2.24, 2.45) is 0 Å². The molecule has 0 amide bonds. The maximum Gasteiger partial charge on any atom is 0.514 e. The fourth-order valence-corrected chi connectivity index (χ4v) is 4.07. The average molecular weight is 641 g/mol. The van der Waals surface area contributed by atoms with E-state index in [0.717, 1.165) is 0 Å². The van der Waals surface area contributed by atoms with Crippen LogP contribution in [0.2, 0.25) is 0 Å². The van der Waals surface area contributed by atoms with Crippen molar-refractivity contribution < 1.29 is 55.2 Å². The molecule has 232 valence electrons. The summed E-state index contributed by atoms with van der Waals surface area (Å²) in [6.45, 7) is -0.444. The van der Waals surface area contributed by atoms with Crippen molar-refractivity contribution in [1.29, 1.82) is 0 Å². The molecule has 0 radical (unpaired) electrons. The van der Waals surface area contributed by atoms with Crippen LogP contribution in [0.4, 0.5) is 21.0 Å². The Labute approximate surface area is 253 Å². The van der Waals surface area contributed by atoms with Gasteiger partial charge in [0.05, 0.1) is 9.85 Å². The topological polar surface area (TPSA) is 210 Å². The molecule has 0 spiro atoms. The fourth-order valence-electron chi connectivity index (χ4n) is 3.34. The molecule has 0 saturated carbocycles. The van der Waals surface area contributed by atoms with Gasteiger partial charge in [0.15, 0.2) is 0 Å². The number of benzene rings is 4. The van der Waals surface area contributed by atoms with Crippen LogP contribution in [0.15, 0.2) is 97.1 Å². The van der Waals surface area contributed by atoms with E-state index in [1.165, 1.54) is 97.1 Å². The van der Waals surface area contributed by atoms with Crippen molar-refractivity contribution in [3.63, 3.8) is 0 Å². The number of non-ortho nitro benzene ring substituents is 2. The molecule has 0 fully saturated rings. The van der Waals surface area contributed by atoms with Gasteiger partial charge in [-0.05, 0) is 59.7 Å². The smallest absolute Gasteiger partial charge is 0.429 e. The molecule has 16 nitrogen and oxygen atoms in total. The SMILES string of the molecule is O=C(OCc1ccc(OS(=O)(=O)Oc2ccc(COC(=O)Oc3ccc([N+](=O)[O-])cc3)cc2)cc1)Oc1ccc([N+](=O)[O-])cc1. The van der Waals surface area contributed by atoms with E-state index in [0.29, 0.717) is 11.1 Å². The van der Waals surface area contributed by atoms with Gasteiger partial charge in [-0.15, -0.1) is 8.42 Å². The maximum absolute atomic E-state index is 12.3. The van der Waals surface area contributed by atoms with Gasteiger partial charge in [-0.25, -0.2) is 9.59 Å². The fraction of sp³-hybridized carbons (Fsp3) is 0.0714. The third kappa shape index (κ3) is 9.93. The summed E-state index contributed by atoms with van der Waals surface area (Å²) in [6.07, 6.45) is -2.11. The minimum absolute atomic E-state index is 0.0454. The van der Waals surface area contributed by atoms with Crippen LogP contribution in [0.25, 0.3) is 0 Å². The van der Waals surface area contributed by atoms with E-state index in [1.807, 2.05) is 0 Å². The van der Waals surface area contributed by atoms with Crippen LogP contribution < -0.4 is 17.8 Å². The maximum atomic E-state index is 12.3. The number of nitro benzene ring substituents is 2. The molecule has 0 aromatic heterocycles. The first-order chi connectivity index (χ1) is 21.5. The van der Waals surface area contributed by atoms with Crippen molar-refractivity contribution in [3.8, 4) is 23.0 Å². The summed E-state index contributed by atoms with van der Waals surface area (Å²) in [5.74, 6) is -0.0966. The lowest BCUT2D eigenvalue weighted by Gasteiger charge is -2.10. The molecule has 0 bridgehead atoms. The highest BCUT2D eigenvalue weighted by Gasteiger charge is 2.17. The zero-order valence-electron chi connectivity index (χ0n) is 22.7. The first kappa shape index (κ1) is 31.7. The second-order valence-electron chi connectivity index (χ2n) is 8.65. The predicted molar refractivity (Wildman–Crippen MR) is 151 cm³/mol. The van der Waals surface area contributed by atoms with Gasteiger partial charge >= 0.3 is 22.7 Å². The van der Waals surface area contributed by atoms with Crippen LogP contribution in [-0.2, 0) is 33.1 Å². The highest BCUT2D eigenvalue weighted by Crippen LogP contribution is 2.22. The Kier molecular flexibility index (Phi) is 10.1. The van der Waals surface area contributed by atoms with E-state index >= 15 is 0 Å². The van der Waals surface area contributed by atoms with Crippen molar-refractivity contribution in [3.05, 3.63) is 128 Å². The number of carbonyl (C=O) groups is 2. The Morgan fingerprint density at radius 1 is 0.533 bits per heavy atom.